The summed E-state index contributed by atoms with van der Waals surface area (Å²) in [5.41, 5.74) is 1.15. The monoisotopic (exact) mass is 338 g/mol. The SMILES string of the molecule is O=C(CCn1ccc2ccccc21)Nc1ccnn1C[C@H]1CCOC1. The van der Waals surface area contributed by atoms with E-state index in [-0.39, 0.29) is 5.91 Å². The van der Waals surface area contributed by atoms with Crippen molar-refractivity contribution in [3.8, 4) is 0 Å². The van der Waals surface area contributed by atoms with E-state index in [4.69, 9.17) is 4.74 Å². The number of hydrogen-bond donors (Lipinski definition) is 1. The van der Waals surface area contributed by atoms with Gasteiger partial charge in [0.15, 0.2) is 0 Å². The third-order valence-corrected chi connectivity index (χ3v) is 4.70. The van der Waals surface area contributed by atoms with Gasteiger partial charge in [0, 0.05) is 49.8 Å². The lowest BCUT2D eigenvalue weighted by molar-refractivity contribution is -0.116. The van der Waals surface area contributed by atoms with Crippen LogP contribution < -0.4 is 5.32 Å². The highest BCUT2D eigenvalue weighted by Gasteiger charge is 2.18. The van der Waals surface area contributed by atoms with E-state index in [1.54, 1.807) is 6.20 Å². The van der Waals surface area contributed by atoms with Gasteiger partial charge in [-0.1, -0.05) is 18.2 Å². The van der Waals surface area contributed by atoms with Crippen LogP contribution in [0.1, 0.15) is 12.8 Å². The number of aryl methyl sites for hydroxylation is 1. The summed E-state index contributed by atoms with van der Waals surface area (Å²) in [5.74, 6) is 1.23. The van der Waals surface area contributed by atoms with Gasteiger partial charge >= 0.3 is 0 Å². The van der Waals surface area contributed by atoms with Gasteiger partial charge in [0.05, 0.1) is 12.8 Å². The second-order valence-corrected chi connectivity index (χ2v) is 6.49. The first-order valence-corrected chi connectivity index (χ1v) is 8.73. The second kappa shape index (κ2) is 7.11. The Bertz CT molecular complexity index is 861. The van der Waals surface area contributed by atoms with Gasteiger partial charge in [-0.2, -0.15) is 5.10 Å². The molecule has 1 N–H and O–H groups in total. The van der Waals surface area contributed by atoms with E-state index in [2.05, 4.69) is 33.2 Å². The van der Waals surface area contributed by atoms with E-state index in [0.29, 0.717) is 18.9 Å². The molecule has 1 fully saturated rings. The molecule has 3 heterocycles. The number of carbonyl (C=O) groups excluding carboxylic acids is 1. The number of aromatic nitrogens is 3. The zero-order chi connectivity index (χ0) is 17.1. The Morgan fingerprint density at radius 3 is 3.08 bits per heavy atom. The summed E-state index contributed by atoms with van der Waals surface area (Å²) in [6, 6.07) is 12.1. The maximum Gasteiger partial charge on any atom is 0.227 e. The van der Waals surface area contributed by atoms with Crippen LogP contribution in [0.5, 0.6) is 0 Å². The molecule has 130 valence electrons. The number of fused-ring (bicyclic) bond motifs is 1. The van der Waals surface area contributed by atoms with Gasteiger partial charge in [-0.05, 0) is 23.9 Å². The Kier molecular flexibility index (Phi) is 4.52. The maximum atomic E-state index is 12.3. The average Bonchev–Trinajstić information content (AvgIpc) is 3.36. The van der Waals surface area contributed by atoms with Crippen LogP contribution in [0.25, 0.3) is 10.9 Å². The first-order chi connectivity index (χ1) is 12.3. The van der Waals surface area contributed by atoms with Crippen molar-refractivity contribution in [2.75, 3.05) is 18.5 Å². The number of rotatable bonds is 6. The van der Waals surface area contributed by atoms with Crippen molar-refractivity contribution in [2.45, 2.75) is 25.9 Å². The predicted molar refractivity (Wildman–Crippen MR) is 96.3 cm³/mol. The number of ether oxygens (including phenoxy) is 1. The molecule has 4 rings (SSSR count). The summed E-state index contributed by atoms with van der Waals surface area (Å²) in [6.45, 7) is 3.03. The lowest BCUT2D eigenvalue weighted by atomic mass is 10.1. The van der Waals surface area contributed by atoms with E-state index in [9.17, 15) is 4.79 Å². The third kappa shape index (κ3) is 3.58. The highest BCUT2D eigenvalue weighted by Crippen LogP contribution is 2.18. The van der Waals surface area contributed by atoms with Crippen LogP contribution >= 0.6 is 0 Å². The summed E-state index contributed by atoms with van der Waals surface area (Å²) in [4.78, 5) is 12.3. The molecule has 1 aliphatic heterocycles. The molecule has 1 aliphatic rings. The molecule has 3 aromatic rings. The summed E-state index contributed by atoms with van der Waals surface area (Å²) in [5, 5.41) is 8.50. The Labute approximate surface area is 146 Å². The molecule has 2 aromatic heterocycles. The van der Waals surface area contributed by atoms with Gasteiger partial charge in [0.1, 0.15) is 5.82 Å². The van der Waals surface area contributed by atoms with Gasteiger partial charge in [-0.3, -0.25) is 4.79 Å². The molecule has 1 aromatic carbocycles. The van der Waals surface area contributed by atoms with Crippen LogP contribution in [-0.2, 0) is 22.6 Å². The van der Waals surface area contributed by atoms with Crippen LogP contribution in [0.3, 0.4) is 0 Å². The van der Waals surface area contributed by atoms with Crippen molar-refractivity contribution in [2.24, 2.45) is 5.92 Å². The largest absolute Gasteiger partial charge is 0.381 e. The maximum absolute atomic E-state index is 12.3. The summed E-state index contributed by atoms with van der Waals surface area (Å²) < 4.78 is 9.39. The molecular weight excluding hydrogens is 316 g/mol. The van der Waals surface area contributed by atoms with Gasteiger partial charge < -0.3 is 14.6 Å². The minimum Gasteiger partial charge on any atom is -0.381 e. The zero-order valence-corrected chi connectivity index (χ0v) is 14.1. The fraction of sp³-hybridized carbons (Fsp3) is 0.368. The number of para-hydroxylation sites is 1. The Hall–Kier alpha value is -2.60. The number of amides is 1. The molecule has 1 saturated heterocycles. The van der Waals surface area contributed by atoms with Crippen molar-refractivity contribution in [3.63, 3.8) is 0 Å². The third-order valence-electron chi connectivity index (χ3n) is 4.70. The van der Waals surface area contributed by atoms with E-state index in [0.717, 1.165) is 37.5 Å². The minimum atomic E-state index is 0.00204. The molecular formula is C19H22N4O2. The molecule has 0 radical (unpaired) electrons. The molecule has 1 atom stereocenters. The number of nitrogens with zero attached hydrogens (tertiary/aromatic N) is 3. The Morgan fingerprint density at radius 1 is 1.28 bits per heavy atom. The lowest BCUT2D eigenvalue weighted by Gasteiger charge is -2.12. The van der Waals surface area contributed by atoms with Crippen molar-refractivity contribution < 1.29 is 9.53 Å². The van der Waals surface area contributed by atoms with Crippen molar-refractivity contribution >= 4 is 22.6 Å². The number of nitrogens with one attached hydrogen (secondary N) is 1. The van der Waals surface area contributed by atoms with Crippen LogP contribution in [0, 0.1) is 5.92 Å². The van der Waals surface area contributed by atoms with E-state index in [1.165, 1.54) is 5.39 Å². The number of benzene rings is 1. The molecule has 0 saturated carbocycles. The fourth-order valence-electron chi connectivity index (χ4n) is 3.32. The highest BCUT2D eigenvalue weighted by atomic mass is 16.5. The van der Waals surface area contributed by atoms with Crippen molar-refractivity contribution in [3.05, 3.63) is 48.8 Å². The van der Waals surface area contributed by atoms with Gasteiger partial charge in [-0.15, -0.1) is 0 Å². The lowest BCUT2D eigenvalue weighted by Crippen LogP contribution is -2.19. The molecule has 6 nitrogen and oxygen atoms in total. The fourth-order valence-corrected chi connectivity index (χ4v) is 3.32. The molecule has 0 bridgehead atoms. The first kappa shape index (κ1) is 15.9. The van der Waals surface area contributed by atoms with Crippen molar-refractivity contribution in [1.29, 1.82) is 0 Å². The van der Waals surface area contributed by atoms with Crippen LogP contribution in [0.4, 0.5) is 5.82 Å². The first-order valence-electron chi connectivity index (χ1n) is 8.73. The van der Waals surface area contributed by atoms with E-state index in [1.807, 2.05) is 29.1 Å². The Balaban J connectivity index is 1.35. The van der Waals surface area contributed by atoms with Crippen LogP contribution in [0.15, 0.2) is 48.8 Å². The van der Waals surface area contributed by atoms with E-state index >= 15 is 0 Å². The molecule has 0 unspecified atom stereocenters. The molecule has 0 spiro atoms. The van der Waals surface area contributed by atoms with E-state index < -0.39 is 0 Å². The minimum absolute atomic E-state index is 0.00204. The molecule has 0 aliphatic carbocycles. The topological polar surface area (TPSA) is 61.1 Å². The van der Waals surface area contributed by atoms with Gasteiger partial charge in [0.2, 0.25) is 5.91 Å². The Morgan fingerprint density at radius 2 is 2.20 bits per heavy atom. The quantitative estimate of drug-likeness (QED) is 0.752. The molecule has 6 heteroatoms. The average molecular weight is 338 g/mol. The molecule has 25 heavy (non-hydrogen) atoms. The van der Waals surface area contributed by atoms with Crippen LogP contribution in [0.2, 0.25) is 0 Å². The van der Waals surface area contributed by atoms with Gasteiger partial charge in [-0.25, -0.2) is 4.68 Å². The standard InChI is InChI=1S/C19H22N4O2/c24-19(7-11-22-10-6-16-3-1-2-4-17(16)22)21-18-5-9-20-23(18)13-15-8-12-25-14-15/h1-6,9-10,15H,7-8,11-14H2,(H,21,24)/t15-/m1/s1. The summed E-state index contributed by atoms with van der Waals surface area (Å²) >= 11 is 0. The summed E-state index contributed by atoms with van der Waals surface area (Å²) in [7, 11) is 0. The normalized spacial score (nSPS) is 17.2. The molecule has 1 amide bonds. The number of anilines is 1. The van der Waals surface area contributed by atoms with Crippen LogP contribution in [-0.4, -0.2) is 33.5 Å². The zero-order valence-electron chi connectivity index (χ0n) is 14.1. The van der Waals surface area contributed by atoms with Gasteiger partial charge in [0.25, 0.3) is 0 Å². The van der Waals surface area contributed by atoms with Crippen molar-refractivity contribution in [1.82, 2.24) is 14.3 Å². The predicted octanol–water partition coefficient (Wildman–Crippen LogP) is 2.90. The number of hydrogen-bond acceptors (Lipinski definition) is 3. The number of carbonyl (C=O) groups is 1. The highest BCUT2D eigenvalue weighted by molar-refractivity contribution is 5.90. The smallest absolute Gasteiger partial charge is 0.227 e. The summed E-state index contributed by atoms with van der Waals surface area (Å²) in [6.07, 6.45) is 5.23. The second-order valence-electron chi connectivity index (χ2n) is 6.49.